The van der Waals surface area contributed by atoms with Crippen LogP contribution >= 0.6 is 0 Å². The van der Waals surface area contributed by atoms with Gasteiger partial charge in [-0.25, -0.2) is 0 Å². The van der Waals surface area contributed by atoms with Gasteiger partial charge in [-0.15, -0.1) is 0 Å². The van der Waals surface area contributed by atoms with Gasteiger partial charge in [-0.1, -0.05) is 30.3 Å². The number of nitrogens with one attached hydrogen (secondary N) is 1. The molecular weight excluding hydrogens is 246 g/mol. The van der Waals surface area contributed by atoms with Crippen molar-refractivity contribution in [3.8, 4) is 0 Å². The van der Waals surface area contributed by atoms with E-state index in [1.165, 1.54) is 30.6 Å². The number of rotatable bonds is 4. The number of benzene rings is 1. The summed E-state index contributed by atoms with van der Waals surface area (Å²) in [5, 5.41) is 3.81. The van der Waals surface area contributed by atoms with E-state index in [-0.39, 0.29) is 0 Å². The summed E-state index contributed by atoms with van der Waals surface area (Å²) in [7, 11) is 0. The number of hydrogen-bond donors (Lipinski definition) is 1. The molecule has 2 aliphatic carbocycles. The summed E-state index contributed by atoms with van der Waals surface area (Å²) < 4.78 is 5.71. The van der Waals surface area contributed by atoms with E-state index in [0.29, 0.717) is 12.0 Å². The second kappa shape index (κ2) is 5.10. The molecule has 0 aliphatic heterocycles. The van der Waals surface area contributed by atoms with Gasteiger partial charge in [0.05, 0.1) is 6.26 Å². The van der Waals surface area contributed by atoms with Gasteiger partial charge in [-0.2, -0.15) is 0 Å². The van der Waals surface area contributed by atoms with E-state index < -0.39 is 0 Å². The van der Waals surface area contributed by atoms with Crippen molar-refractivity contribution >= 4 is 0 Å². The molecule has 104 valence electrons. The highest BCUT2D eigenvalue weighted by atomic mass is 16.3. The van der Waals surface area contributed by atoms with Crippen LogP contribution in [-0.4, -0.2) is 6.04 Å². The summed E-state index contributed by atoms with van der Waals surface area (Å²) in [5.74, 6) is 3.41. The van der Waals surface area contributed by atoms with Crippen molar-refractivity contribution in [3.05, 3.63) is 60.1 Å². The average Bonchev–Trinajstić information content (AvgIpc) is 3.22. The lowest BCUT2D eigenvalue weighted by Gasteiger charge is -2.30. The maximum atomic E-state index is 5.71. The van der Waals surface area contributed by atoms with E-state index in [2.05, 4.69) is 41.7 Å². The maximum Gasteiger partial charge on any atom is 0.108 e. The highest BCUT2D eigenvalue weighted by Crippen LogP contribution is 2.53. The fraction of sp³-hybridized carbons (Fsp3) is 0.444. The Kier molecular flexibility index (Phi) is 3.12. The second-order valence-electron chi connectivity index (χ2n) is 6.27. The molecule has 1 aromatic heterocycles. The molecule has 2 nitrogen and oxygen atoms in total. The molecule has 4 unspecified atom stereocenters. The lowest BCUT2D eigenvalue weighted by Crippen LogP contribution is -2.38. The van der Waals surface area contributed by atoms with Crippen molar-refractivity contribution in [1.82, 2.24) is 5.32 Å². The molecule has 1 heterocycles. The van der Waals surface area contributed by atoms with Crippen LogP contribution in [0.15, 0.2) is 53.1 Å². The predicted molar refractivity (Wildman–Crippen MR) is 79.3 cm³/mol. The third kappa shape index (κ3) is 2.08. The molecule has 1 aromatic carbocycles. The van der Waals surface area contributed by atoms with Gasteiger partial charge in [-0.3, -0.25) is 0 Å². The van der Waals surface area contributed by atoms with E-state index >= 15 is 0 Å². The smallest absolute Gasteiger partial charge is 0.108 e. The number of hydrogen-bond acceptors (Lipinski definition) is 2. The van der Waals surface area contributed by atoms with Gasteiger partial charge >= 0.3 is 0 Å². The molecule has 0 amide bonds. The first-order valence-electron chi connectivity index (χ1n) is 7.72. The second-order valence-corrected chi connectivity index (χ2v) is 6.27. The van der Waals surface area contributed by atoms with Crippen molar-refractivity contribution in [3.63, 3.8) is 0 Å². The van der Waals surface area contributed by atoms with Crippen LogP contribution in [-0.2, 0) is 6.54 Å². The van der Waals surface area contributed by atoms with Crippen molar-refractivity contribution in [1.29, 1.82) is 0 Å². The first-order chi connectivity index (χ1) is 9.92. The Morgan fingerprint density at radius 1 is 1.00 bits per heavy atom. The molecule has 0 radical (unpaired) electrons. The van der Waals surface area contributed by atoms with Crippen molar-refractivity contribution < 1.29 is 4.42 Å². The van der Waals surface area contributed by atoms with E-state index in [9.17, 15) is 0 Å². The molecule has 0 spiro atoms. The summed E-state index contributed by atoms with van der Waals surface area (Å²) in [6, 6.07) is 15.5. The van der Waals surface area contributed by atoms with Crippen molar-refractivity contribution in [2.75, 3.05) is 0 Å². The summed E-state index contributed by atoms with van der Waals surface area (Å²) in [5.41, 5.74) is 1.37. The zero-order valence-corrected chi connectivity index (χ0v) is 11.7. The van der Waals surface area contributed by atoms with Crippen LogP contribution in [0.25, 0.3) is 0 Å². The topological polar surface area (TPSA) is 25.2 Å². The Hall–Kier alpha value is -1.54. The SMILES string of the molecule is c1ccc(CNC2C3CCC(C3)C2c2ccco2)cc1. The largest absolute Gasteiger partial charge is 0.469 e. The van der Waals surface area contributed by atoms with Gasteiger partial charge in [0.1, 0.15) is 5.76 Å². The van der Waals surface area contributed by atoms with Crippen LogP contribution in [0.2, 0.25) is 0 Å². The normalized spacial score (nSPS) is 31.8. The quantitative estimate of drug-likeness (QED) is 0.907. The highest BCUT2D eigenvalue weighted by Gasteiger charge is 2.48. The molecule has 1 N–H and O–H groups in total. The minimum atomic E-state index is 0.576. The molecule has 2 bridgehead atoms. The first-order valence-corrected chi connectivity index (χ1v) is 7.72. The predicted octanol–water partition coefficient (Wildman–Crippen LogP) is 3.95. The molecule has 2 aliphatic rings. The van der Waals surface area contributed by atoms with Crippen LogP contribution in [0.5, 0.6) is 0 Å². The van der Waals surface area contributed by atoms with Crippen LogP contribution in [0.1, 0.15) is 36.5 Å². The molecule has 2 aromatic rings. The summed E-state index contributed by atoms with van der Waals surface area (Å²) in [6.07, 6.45) is 5.95. The van der Waals surface area contributed by atoms with Gasteiger partial charge in [0, 0.05) is 18.5 Å². The fourth-order valence-electron chi connectivity index (χ4n) is 4.31. The van der Waals surface area contributed by atoms with E-state index in [1.807, 2.05) is 12.3 Å². The Labute approximate surface area is 120 Å². The van der Waals surface area contributed by atoms with Gasteiger partial charge in [0.15, 0.2) is 0 Å². The monoisotopic (exact) mass is 267 g/mol. The number of fused-ring (bicyclic) bond motifs is 2. The lowest BCUT2D eigenvalue weighted by molar-refractivity contribution is 0.277. The van der Waals surface area contributed by atoms with E-state index in [4.69, 9.17) is 4.42 Å². The van der Waals surface area contributed by atoms with E-state index in [0.717, 1.165) is 18.4 Å². The van der Waals surface area contributed by atoms with Crippen LogP contribution < -0.4 is 5.32 Å². The molecule has 0 saturated heterocycles. The Balaban J connectivity index is 1.51. The standard InChI is InChI=1S/C18H21NO/c1-2-5-13(6-3-1)12-19-18-15-9-8-14(11-15)17(18)16-7-4-10-20-16/h1-7,10,14-15,17-19H,8-9,11-12H2. The maximum absolute atomic E-state index is 5.71. The van der Waals surface area contributed by atoms with Gasteiger partial charge in [-0.05, 0) is 48.8 Å². The zero-order chi connectivity index (χ0) is 13.4. The molecule has 20 heavy (non-hydrogen) atoms. The molecule has 4 rings (SSSR count). The third-order valence-electron chi connectivity index (χ3n) is 5.17. The van der Waals surface area contributed by atoms with Gasteiger partial charge < -0.3 is 9.73 Å². The molecule has 2 saturated carbocycles. The Morgan fingerprint density at radius 3 is 2.65 bits per heavy atom. The fourth-order valence-corrected chi connectivity index (χ4v) is 4.31. The minimum Gasteiger partial charge on any atom is -0.469 e. The van der Waals surface area contributed by atoms with Crippen LogP contribution in [0.4, 0.5) is 0 Å². The minimum absolute atomic E-state index is 0.576. The van der Waals surface area contributed by atoms with Crippen LogP contribution in [0.3, 0.4) is 0 Å². The van der Waals surface area contributed by atoms with Gasteiger partial charge in [0.2, 0.25) is 0 Å². The van der Waals surface area contributed by atoms with Crippen molar-refractivity contribution in [2.24, 2.45) is 11.8 Å². The summed E-state index contributed by atoms with van der Waals surface area (Å²) >= 11 is 0. The molecule has 2 fully saturated rings. The summed E-state index contributed by atoms with van der Waals surface area (Å²) in [4.78, 5) is 0. The lowest BCUT2D eigenvalue weighted by atomic mass is 9.82. The highest BCUT2D eigenvalue weighted by molar-refractivity contribution is 5.19. The third-order valence-corrected chi connectivity index (χ3v) is 5.17. The number of furan rings is 1. The Bertz CT molecular complexity index is 548. The summed E-state index contributed by atoms with van der Waals surface area (Å²) in [6.45, 7) is 0.964. The zero-order valence-electron chi connectivity index (χ0n) is 11.7. The average molecular weight is 267 g/mol. The van der Waals surface area contributed by atoms with Crippen LogP contribution in [0, 0.1) is 11.8 Å². The Morgan fingerprint density at radius 2 is 1.85 bits per heavy atom. The molecule has 2 heteroatoms. The molecule has 4 atom stereocenters. The first kappa shape index (κ1) is 12.2. The van der Waals surface area contributed by atoms with E-state index in [1.54, 1.807) is 0 Å². The van der Waals surface area contributed by atoms with Crippen molar-refractivity contribution in [2.45, 2.75) is 37.8 Å². The van der Waals surface area contributed by atoms with Gasteiger partial charge in [0.25, 0.3) is 0 Å². The molecular formula is C18H21NO.